The largest absolute Gasteiger partial charge is 0.494 e. The lowest BCUT2D eigenvalue weighted by Gasteiger charge is -2.32. The Balaban J connectivity index is 0.000000139. The van der Waals surface area contributed by atoms with Crippen molar-refractivity contribution in [1.82, 2.24) is 29.9 Å². The molecule has 0 saturated carbocycles. The first-order valence-corrected chi connectivity index (χ1v) is 41.8. The van der Waals surface area contributed by atoms with Gasteiger partial charge in [-0.25, -0.2) is 14.4 Å². The normalized spacial score (nSPS) is 15.3. The number of hydrogen-bond acceptors (Lipinski definition) is 22. The second kappa shape index (κ2) is 34.5. The van der Waals surface area contributed by atoms with Crippen molar-refractivity contribution in [3.8, 4) is 71.5 Å². The molecule has 116 heavy (non-hydrogen) atoms. The fourth-order valence-electron chi connectivity index (χ4n) is 14.8. The first-order chi connectivity index (χ1) is 55.2. The number of carbonyl (C=O) groups excluding carboxylic acids is 2. The summed E-state index contributed by atoms with van der Waals surface area (Å²) >= 11 is 11.4. The number of hydrogen-bond donors (Lipinski definition) is 1. The monoisotopic (exact) mass is 1640 g/mol. The summed E-state index contributed by atoms with van der Waals surface area (Å²) in [5.74, 6) is 0.649. The number of aromatic nitrogens is 6. The highest BCUT2D eigenvalue weighted by atomic mass is 35.5. The average molecular weight is 1640 g/mol. The molecule has 3 atom stereocenters. The number of thiophene rings is 3. The van der Waals surface area contributed by atoms with Crippen LogP contribution in [0.5, 0.6) is 17.2 Å². The Morgan fingerprint density at radius 2 is 0.793 bits per heavy atom. The van der Waals surface area contributed by atoms with Gasteiger partial charge in [-0.2, -0.15) is 0 Å². The number of carbonyl (C=O) groups is 3. The fraction of sp³-hybridized carbons (Fsp3) is 0.374. The van der Waals surface area contributed by atoms with E-state index in [1.807, 2.05) is 215 Å². The van der Waals surface area contributed by atoms with Crippen LogP contribution >= 0.6 is 45.6 Å². The minimum atomic E-state index is -1.12. The molecule has 0 aliphatic carbocycles. The van der Waals surface area contributed by atoms with E-state index in [9.17, 15) is 19.5 Å². The van der Waals surface area contributed by atoms with E-state index in [2.05, 4.69) is 32.1 Å². The van der Waals surface area contributed by atoms with Crippen molar-refractivity contribution in [3.05, 3.63) is 199 Å². The molecule has 12 aromatic rings. The highest BCUT2D eigenvalue weighted by Crippen LogP contribution is 2.54. The summed E-state index contributed by atoms with van der Waals surface area (Å²) in [6.45, 7) is 37.5. The van der Waals surface area contributed by atoms with E-state index in [4.69, 9.17) is 68.8 Å². The van der Waals surface area contributed by atoms with Gasteiger partial charge in [-0.15, -0.1) is 34.0 Å². The van der Waals surface area contributed by atoms with Gasteiger partial charge in [0.15, 0.2) is 18.3 Å². The number of pyridine rings is 6. The van der Waals surface area contributed by atoms with Crippen LogP contribution in [0.2, 0.25) is 4.34 Å². The number of halogens is 1. The summed E-state index contributed by atoms with van der Waals surface area (Å²) < 4.78 is 59.8. The smallest absolute Gasteiger partial charge is 0.493 e. The summed E-state index contributed by atoms with van der Waals surface area (Å²) in [5, 5.41) is 13.3. The number of aryl methyl sites for hydroxylation is 3. The van der Waals surface area contributed by atoms with E-state index >= 15 is 0 Å². The molecule has 0 amide bonds. The highest BCUT2D eigenvalue weighted by Gasteiger charge is 2.52. The van der Waals surface area contributed by atoms with Gasteiger partial charge in [0.25, 0.3) is 0 Å². The molecule has 1 fully saturated rings. The molecule has 4 aliphatic heterocycles. The fourth-order valence-corrected chi connectivity index (χ4v) is 18.6. The minimum absolute atomic E-state index is 0.273. The van der Waals surface area contributed by atoms with E-state index in [1.165, 1.54) is 28.0 Å². The van der Waals surface area contributed by atoms with Gasteiger partial charge in [0, 0.05) is 166 Å². The van der Waals surface area contributed by atoms with Crippen molar-refractivity contribution in [2.24, 2.45) is 0 Å². The number of esters is 2. The van der Waals surface area contributed by atoms with Crippen LogP contribution in [0.3, 0.4) is 0 Å². The van der Waals surface area contributed by atoms with Crippen LogP contribution in [-0.2, 0) is 66.6 Å². The third kappa shape index (κ3) is 17.9. The molecule has 9 aromatic heterocycles. The maximum Gasteiger partial charge on any atom is 0.494 e. The highest BCUT2D eigenvalue weighted by molar-refractivity contribution is 7.17. The van der Waals surface area contributed by atoms with Crippen LogP contribution < -0.4 is 19.7 Å². The Kier molecular flexibility index (Phi) is 25.1. The summed E-state index contributed by atoms with van der Waals surface area (Å²) in [4.78, 5) is 70.2. The Morgan fingerprint density at radius 3 is 1.15 bits per heavy atom. The Morgan fingerprint density at radius 1 is 0.466 bits per heavy atom. The van der Waals surface area contributed by atoms with Crippen molar-refractivity contribution in [2.75, 3.05) is 33.0 Å². The van der Waals surface area contributed by atoms with Crippen LogP contribution in [0.1, 0.15) is 170 Å². The molecule has 0 spiro atoms. The molecule has 1 N–H and O–H groups in total. The van der Waals surface area contributed by atoms with Crippen molar-refractivity contribution in [2.45, 2.75) is 190 Å². The molecule has 0 bridgehead atoms. The van der Waals surface area contributed by atoms with Gasteiger partial charge in [0.2, 0.25) is 0 Å². The first kappa shape index (κ1) is 84.3. The summed E-state index contributed by atoms with van der Waals surface area (Å²) in [6.07, 6.45) is 15.6. The molecule has 25 heteroatoms. The maximum absolute atomic E-state index is 13.3. The average Bonchev–Trinajstić information content (AvgIpc) is 1.44. The van der Waals surface area contributed by atoms with E-state index in [-0.39, 0.29) is 31.5 Å². The number of benzene rings is 3. The lowest BCUT2D eigenvalue weighted by Crippen LogP contribution is -2.41. The van der Waals surface area contributed by atoms with E-state index in [0.717, 1.165) is 155 Å². The molecule has 1 saturated heterocycles. The maximum atomic E-state index is 13.3. The van der Waals surface area contributed by atoms with Gasteiger partial charge in [0.05, 0.1) is 77.6 Å². The van der Waals surface area contributed by atoms with Crippen LogP contribution in [0, 0.1) is 20.8 Å². The predicted octanol–water partition coefficient (Wildman–Crippen LogP) is 20.6. The van der Waals surface area contributed by atoms with Crippen LogP contribution in [-0.4, -0.2) is 121 Å². The molecule has 0 radical (unpaired) electrons. The number of nitrogens with zero attached hydrogens (tertiary/aromatic N) is 6. The topological polar surface area (TPSA) is 241 Å². The predicted molar refractivity (Wildman–Crippen MR) is 460 cm³/mol. The van der Waals surface area contributed by atoms with Crippen LogP contribution in [0.4, 0.5) is 0 Å². The van der Waals surface area contributed by atoms with Gasteiger partial charge >= 0.3 is 25.0 Å². The molecular weight excluding hydrogens is 1540 g/mol. The second-order valence-corrected chi connectivity index (χ2v) is 36.8. The Labute approximate surface area is 694 Å². The number of carboxylic acid groups (broad SMARTS) is 1. The van der Waals surface area contributed by atoms with Gasteiger partial charge in [-0.3, -0.25) is 29.9 Å². The molecule has 604 valence electrons. The van der Waals surface area contributed by atoms with E-state index in [0.29, 0.717) is 29.7 Å². The minimum Gasteiger partial charge on any atom is -0.493 e. The Hall–Kier alpha value is -9.60. The number of ether oxygens (including phenoxy) is 8. The third-order valence-electron chi connectivity index (χ3n) is 20.4. The number of carboxylic acids is 1. The zero-order valence-corrected chi connectivity index (χ0v) is 72.1. The molecule has 13 heterocycles. The van der Waals surface area contributed by atoms with Crippen molar-refractivity contribution < 1.29 is 66.7 Å². The number of aliphatic carboxylic acids is 1. The SMILES string of the molecule is CC1(C)OB(c2ccncc2)OC1(C)C.CCOC(=O)C(OC(C)(C)C)c1c(C)sc(-c2ccncc2)c1-c1ccc2c3c(ccnc13)CCO2.CCOC(=O)C(OC(C)(C)C)c1c(C)sc(Cl)c1-c1ccc2c3c(ccnc13)CCO2.Cc1sc(-c2ccncc2)c(-c2ccc3c4c(ccnc24)CCO3)c1C(OC(C)(C)C)C(=O)O. The van der Waals surface area contributed by atoms with Gasteiger partial charge < -0.3 is 52.3 Å². The quantitative estimate of drug-likeness (QED) is 0.0658. The summed E-state index contributed by atoms with van der Waals surface area (Å²) in [7, 11) is -0.280. The molecule has 20 nitrogen and oxygen atoms in total. The molecule has 3 aromatic carbocycles. The zero-order chi connectivity index (χ0) is 82.9. The van der Waals surface area contributed by atoms with Crippen molar-refractivity contribution >= 4 is 109 Å². The van der Waals surface area contributed by atoms with Crippen LogP contribution in [0.25, 0.3) is 87.0 Å². The summed E-state index contributed by atoms with van der Waals surface area (Å²) in [6, 6.07) is 29.8. The lowest BCUT2D eigenvalue weighted by atomic mass is 9.80. The first-order valence-electron chi connectivity index (χ1n) is 39.0. The van der Waals surface area contributed by atoms with Crippen molar-refractivity contribution in [1.29, 1.82) is 0 Å². The van der Waals surface area contributed by atoms with Gasteiger partial charge in [0.1, 0.15) is 21.6 Å². The standard InChI is InChI=1S/C29H30N2O4S.C27H26N2O4S.C24H26ClNO4S.C11H16BNO2/c1-6-33-28(32)26(35-29(3,4)5)22-17(2)36-27(19-9-13-30-14-10-19)24(22)20-7-8-21-23-18(12-16-34-21)11-15-31-25(20)23;1-15-20(24(26(30)31)33-27(2,3)4)22(25(34-15)17-7-11-28-12-8-17)18-5-6-19-21-16(10-14-32-19)9-13-29-23(18)21;1-6-28-23(27)21(30-24(3,4)5)17-13(2)31-22(25)19(17)15-7-8-16-18-14(10-12-29-16)9-11-26-20(15)18;1-10(2)11(3,4)15-12(14-10)9-5-7-13-8-6-9/h7-11,13-15,26H,6,12,16H2,1-5H3;5-9,11-13,24H,10,14H2,1-4H3,(H,30,31);7-9,11,21H,6,10,12H2,1-5H3;5-8H,1-4H3. The Bertz CT molecular complexity index is 5570. The van der Waals surface area contributed by atoms with Gasteiger partial charge in [-0.05, 0) is 249 Å². The van der Waals surface area contributed by atoms with Gasteiger partial charge in [-0.1, -0.05) is 11.6 Å². The third-order valence-corrected chi connectivity index (χ3v) is 24.1. The number of rotatable bonds is 17. The molecule has 3 unspecified atom stereocenters. The second-order valence-electron chi connectivity index (χ2n) is 32.5. The van der Waals surface area contributed by atoms with E-state index < -0.39 is 53.0 Å². The summed E-state index contributed by atoms with van der Waals surface area (Å²) in [5.41, 5.74) is 14.2. The zero-order valence-electron chi connectivity index (χ0n) is 68.9. The molecule has 4 aliphatic rings. The molecule has 16 rings (SSSR count). The lowest BCUT2D eigenvalue weighted by molar-refractivity contribution is -0.167. The van der Waals surface area contributed by atoms with Crippen LogP contribution in [0.15, 0.2) is 147 Å². The van der Waals surface area contributed by atoms with Crippen molar-refractivity contribution in [3.63, 3.8) is 0 Å². The van der Waals surface area contributed by atoms with E-state index in [1.54, 1.807) is 66.8 Å². The molecular formula is C91H98BClN6O14S3.